The second-order valence-electron chi connectivity index (χ2n) is 16.6. The molecule has 6 atom stereocenters. The molecule has 0 saturated heterocycles. The van der Waals surface area contributed by atoms with Crippen molar-refractivity contribution in [3.63, 3.8) is 0 Å². The van der Waals surface area contributed by atoms with Crippen molar-refractivity contribution in [2.24, 2.45) is 23.2 Å². The van der Waals surface area contributed by atoms with Gasteiger partial charge in [-0.25, -0.2) is 4.79 Å². The van der Waals surface area contributed by atoms with E-state index in [9.17, 15) is 24.5 Å². The fraction of sp³-hybridized carbons (Fsp3) is 0.523. The quantitative estimate of drug-likeness (QED) is 0.0450. The minimum absolute atomic E-state index is 0.0161. The van der Waals surface area contributed by atoms with Gasteiger partial charge in [0.25, 0.3) is 0 Å². The van der Waals surface area contributed by atoms with E-state index in [2.05, 4.69) is 19.1 Å². The number of carbonyl (C=O) groups is 3. The molecule has 286 valence electrons. The first-order valence-corrected chi connectivity index (χ1v) is 21.4. The molecule has 3 aliphatic carbocycles. The Bertz CT molecular complexity index is 1910. The summed E-state index contributed by atoms with van der Waals surface area (Å²) >= 11 is -0.410. The number of ether oxygens (including phenoxy) is 2. The molecular weight excluding hydrogens is 747 g/mol. The van der Waals surface area contributed by atoms with E-state index in [0.717, 1.165) is 76.2 Å². The predicted molar refractivity (Wildman–Crippen MR) is 208 cm³/mol. The molecule has 0 radical (unpaired) electrons. The topological polar surface area (TPSA) is 116 Å². The Morgan fingerprint density at radius 2 is 1.69 bits per heavy atom. The maximum atomic E-state index is 13.4. The number of nitro benzene ring substituents is 1. The van der Waals surface area contributed by atoms with Crippen LogP contribution in [0.4, 0.5) is 5.69 Å². The molecule has 7 rings (SSSR count). The van der Waals surface area contributed by atoms with Crippen LogP contribution >= 0.6 is 0 Å². The SMILES string of the molecule is CC(=O)O[C@H]1CCC2C3C(CC[C@@]21C)c1ccc(OC(=O)c2ccccc2)cc1C[C@H]3CCCCCCCC(=O)N1[Se]c2c([N+](=O)[O-])cccc2C1(C)C. The summed E-state index contributed by atoms with van der Waals surface area (Å²) < 4.78 is 14.4. The molecule has 54 heavy (non-hydrogen) atoms. The zero-order chi connectivity index (χ0) is 38.2. The number of nitrogens with zero attached hydrogens (tertiary/aromatic N) is 2. The van der Waals surface area contributed by atoms with Gasteiger partial charge in [0, 0.05) is 12.3 Å². The molecule has 3 aromatic rings. The van der Waals surface area contributed by atoms with Gasteiger partial charge >= 0.3 is 191 Å². The average Bonchev–Trinajstić information content (AvgIpc) is 3.62. The van der Waals surface area contributed by atoms with Gasteiger partial charge in [-0.05, 0) is 55.5 Å². The zero-order valence-corrected chi connectivity index (χ0v) is 33.6. The molecule has 3 unspecified atom stereocenters. The number of amides is 1. The molecule has 3 aromatic carbocycles. The number of hydrogen-bond donors (Lipinski definition) is 0. The van der Waals surface area contributed by atoms with Crippen molar-refractivity contribution in [3.05, 3.63) is 99.1 Å². The molecule has 1 amide bonds. The first-order chi connectivity index (χ1) is 25.9. The minimum atomic E-state index is -0.550. The molecule has 4 aliphatic rings. The van der Waals surface area contributed by atoms with Gasteiger partial charge in [-0.2, -0.15) is 0 Å². The summed E-state index contributed by atoms with van der Waals surface area (Å²) in [4.78, 5) is 49.7. The predicted octanol–water partition coefficient (Wildman–Crippen LogP) is 8.58. The third-order valence-electron chi connectivity index (χ3n) is 13.0. The van der Waals surface area contributed by atoms with Gasteiger partial charge in [-0.15, -0.1) is 0 Å². The monoisotopic (exact) mass is 800 g/mol. The molecule has 2 saturated carbocycles. The fourth-order valence-corrected chi connectivity index (χ4v) is 13.3. The van der Waals surface area contributed by atoms with Gasteiger partial charge in [-0.3, -0.25) is 4.79 Å². The van der Waals surface area contributed by atoms with Gasteiger partial charge in [0.2, 0.25) is 0 Å². The van der Waals surface area contributed by atoms with Crippen molar-refractivity contribution in [2.75, 3.05) is 0 Å². The number of unbranched alkanes of at least 4 members (excludes halogenated alkanes) is 4. The normalized spacial score (nSPS) is 26.2. The van der Waals surface area contributed by atoms with Gasteiger partial charge in [0.15, 0.2) is 0 Å². The van der Waals surface area contributed by atoms with Crippen LogP contribution in [0, 0.1) is 33.3 Å². The summed E-state index contributed by atoms with van der Waals surface area (Å²) in [5.74, 6) is 2.05. The van der Waals surface area contributed by atoms with Crippen molar-refractivity contribution >= 4 is 43.2 Å². The summed E-state index contributed by atoms with van der Waals surface area (Å²) in [6.07, 6.45) is 11.6. The number of carbonyl (C=O) groups excluding carboxylic acids is 3. The van der Waals surface area contributed by atoms with E-state index in [4.69, 9.17) is 9.47 Å². The molecule has 2 fully saturated rings. The molecular formula is C44H52N2O7Se. The fourth-order valence-electron chi connectivity index (χ4n) is 10.4. The van der Waals surface area contributed by atoms with E-state index in [1.54, 1.807) is 18.2 Å². The Morgan fingerprint density at radius 1 is 0.926 bits per heavy atom. The van der Waals surface area contributed by atoms with Crippen LogP contribution in [0.5, 0.6) is 5.75 Å². The molecule has 1 aliphatic heterocycles. The summed E-state index contributed by atoms with van der Waals surface area (Å²) in [6, 6.07) is 20.5. The second kappa shape index (κ2) is 15.6. The van der Waals surface area contributed by atoms with Crippen LogP contribution in [0.1, 0.15) is 131 Å². The number of esters is 2. The molecule has 0 spiro atoms. The third kappa shape index (κ3) is 7.36. The first-order valence-electron chi connectivity index (χ1n) is 19.7. The van der Waals surface area contributed by atoms with E-state index >= 15 is 0 Å². The van der Waals surface area contributed by atoms with Gasteiger partial charge in [-0.1, -0.05) is 31.2 Å². The first kappa shape index (κ1) is 38.3. The van der Waals surface area contributed by atoms with Crippen LogP contribution in [0.2, 0.25) is 0 Å². The Hall–Kier alpha value is -4.01. The van der Waals surface area contributed by atoms with Crippen molar-refractivity contribution in [1.82, 2.24) is 3.92 Å². The Kier molecular flexibility index (Phi) is 11.1. The third-order valence-corrected chi connectivity index (χ3v) is 16.1. The number of rotatable bonds is 12. The molecule has 9 nitrogen and oxygen atoms in total. The van der Waals surface area contributed by atoms with Crippen LogP contribution in [0.25, 0.3) is 0 Å². The van der Waals surface area contributed by atoms with Crippen LogP contribution < -0.4 is 9.20 Å². The van der Waals surface area contributed by atoms with Crippen LogP contribution in [-0.4, -0.2) is 48.0 Å². The van der Waals surface area contributed by atoms with Gasteiger partial charge < -0.3 is 9.47 Å². The van der Waals surface area contributed by atoms with Crippen LogP contribution in [0.15, 0.2) is 66.7 Å². The summed E-state index contributed by atoms with van der Waals surface area (Å²) in [5.41, 5.74) is 3.65. The molecule has 10 heteroatoms. The van der Waals surface area contributed by atoms with E-state index < -0.39 is 20.7 Å². The van der Waals surface area contributed by atoms with Crippen molar-refractivity contribution < 1.29 is 28.8 Å². The maximum absolute atomic E-state index is 13.4. The van der Waals surface area contributed by atoms with E-state index in [-0.39, 0.29) is 40.0 Å². The van der Waals surface area contributed by atoms with Crippen LogP contribution in [-0.2, 0) is 26.3 Å². The number of nitro groups is 1. The second-order valence-corrected chi connectivity index (χ2v) is 18.7. The van der Waals surface area contributed by atoms with Crippen molar-refractivity contribution in [3.8, 4) is 5.75 Å². The van der Waals surface area contributed by atoms with Gasteiger partial charge in [0.05, 0.1) is 5.56 Å². The summed E-state index contributed by atoms with van der Waals surface area (Å²) in [7, 11) is 0. The Balaban J connectivity index is 0.978. The van der Waals surface area contributed by atoms with E-state index in [1.165, 1.54) is 24.1 Å². The number of fused-ring (bicyclic) bond motifs is 6. The average molecular weight is 800 g/mol. The molecule has 0 bridgehead atoms. The van der Waals surface area contributed by atoms with Crippen molar-refractivity contribution in [1.29, 1.82) is 0 Å². The Labute approximate surface area is 325 Å². The molecule has 0 aromatic heterocycles. The standard InChI is InChI=1S/C44H52N2O7Se/c1-28(47)52-38-23-22-35-40-30(16-9-6-5-7-12-19-39(48)45-43(2,3)36-17-13-18-37(46(50)51)41(36)54-45)26-31-27-32(53-42(49)29-14-10-8-11-15-29)20-21-33(31)34(40)24-25-44(35,38)4/h8,10-11,13-15,17-18,20-21,27,30,34-35,38,40H,5-7,9,12,16,19,22-26H2,1-4H3/t30-,34?,35?,38+,40?,44+/m1/s1. The Morgan fingerprint density at radius 3 is 2.44 bits per heavy atom. The van der Waals surface area contributed by atoms with E-state index in [1.807, 2.05) is 48.1 Å². The molecule has 1 heterocycles. The number of hydrogen-bond acceptors (Lipinski definition) is 7. The molecule has 0 N–H and O–H groups in total. The van der Waals surface area contributed by atoms with Crippen LogP contribution in [0.3, 0.4) is 0 Å². The zero-order valence-electron chi connectivity index (χ0n) is 31.9. The van der Waals surface area contributed by atoms with Gasteiger partial charge in [0.1, 0.15) is 11.9 Å². The van der Waals surface area contributed by atoms with Crippen molar-refractivity contribution in [2.45, 2.75) is 122 Å². The summed E-state index contributed by atoms with van der Waals surface area (Å²) in [6.45, 7) is 7.87. The van der Waals surface area contributed by atoms with E-state index in [0.29, 0.717) is 45.9 Å². The number of benzene rings is 3. The summed E-state index contributed by atoms with van der Waals surface area (Å²) in [5, 5.41) is 11.7.